The zero-order valence-electron chi connectivity index (χ0n) is 13.3. The molecule has 0 radical (unpaired) electrons. The summed E-state index contributed by atoms with van der Waals surface area (Å²) < 4.78 is 14.4. The summed E-state index contributed by atoms with van der Waals surface area (Å²) in [7, 11) is 0. The molecular formula is C18H14FN5O. The van der Waals surface area contributed by atoms with Gasteiger partial charge in [0.15, 0.2) is 5.65 Å². The van der Waals surface area contributed by atoms with Crippen LogP contribution >= 0.6 is 0 Å². The molecule has 0 fully saturated rings. The van der Waals surface area contributed by atoms with Crippen LogP contribution in [0.15, 0.2) is 59.4 Å². The van der Waals surface area contributed by atoms with Gasteiger partial charge in [-0.3, -0.25) is 0 Å². The van der Waals surface area contributed by atoms with Crippen LogP contribution in [0.5, 0.6) is 0 Å². The van der Waals surface area contributed by atoms with E-state index in [0.717, 1.165) is 11.1 Å². The summed E-state index contributed by atoms with van der Waals surface area (Å²) >= 11 is 0. The molecule has 2 aromatic heterocycles. The number of halogens is 1. The molecule has 6 nitrogen and oxygen atoms in total. The van der Waals surface area contributed by atoms with E-state index in [-0.39, 0.29) is 5.82 Å². The molecule has 25 heavy (non-hydrogen) atoms. The van der Waals surface area contributed by atoms with E-state index in [4.69, 9.17) is 0 Å². The second-order valence-corrected chi connectivity index (χ2v) is 5.69. The molecule has 0 spiro atoms. The van der Waals surface area contributed by atoms with Gasteiger partial charge in [-0.1, -0.05) is 23.8 Å². The lowest BCUT2D eigenvalue weighted by atomic mass is 10.1. The van der Waals surface area contributed by atoms with Crippen molar-refractivity contribution < 1.29 is 4.39 Å². The van der Waals surface area contributed by atoms with E-state index in [0.29, 0.717) is 23.0 Å². The van der Waals surface area contributed by atoms with Gasteiger partial charge in [-0.25, -0.2) is 23.7 Å². The van der Waals surface area contributed by atoms with Crippen LogP contribution in [0.3, 0.4) is 0 Å². The molecule has 0 aliphatic rings. The van der Waals surface area contributed by atoms with Gasteiger partial charge in [0.25, 0.3) is 0 Å². The van der Waals surface area contributed by atoms with Crippen LogP contribution in [-0.4, -0.2) is 19.6 Å². The molecule has 0 aliphatic carbocycles. The number of nitrogens with zero attached hydrogens (tertiary/aromatic N) is 3. The van der Waals surface area contributed by atoms with E-state index in [9.17, 15) is 9.18 Å². The maximum absolute atomic E-state index is 13.1. The van der Waals surface area contributed by atoms with Crippen molar-refractivity contribution in [2.75, 3.05) is 5.32 Å². The number of H-pyrrole nitrogens is 1. The van der Waals surface area contributed by atoms with Crippen molar-refractivity contribution in [3.8, 4) is 11.3 Å². The van der Waals surface area contributed by atoms with Crippen molar-refractivity contribution in [2.24, 2.45) is 0 Å². The number of aryl methyl sites for hydroxylation is 1. The van der Waals surface area contributed by atoms with Gasteiger partial charge in [0.1, 0.15) is 5.82 Å². The summed E-state index contributed by atoms with van der Waals surface area (Å²) in [5, 5.41) is 9.50. The third-order valence-corrected chi connectivity index (χ3v) is 3.82. The Morgan fingerprint density at radius 1 is 1.12 bits per heavy atom. The highest BCUT2D eigenvalue weighted by Crippen LogP contribution is 2.23. The van der Waals surface area contributed by atoms with E-state index < -0.39 is 5.69 Å². The largest absolute Gasteiger partial charge is 0.350 e. The van der Waals surface area contributed by atoms with Crippen LogP contribution in [0.1, 0.15) is 5.56 Å². The van der Waals surface area contributed by atoms with E-state index in [1.807, 2.05) is 31.2 Å². The van der Waals surface area contributed by atoms with Crippen LogP contribution in [0.2, 0.25) is 0 Å². The first kappa shape index (κ1) is 15.1. The Balaban J connectivity index is 1.87. The first-order valence-corrected chi connectivity index (χ1v) is 7.68. The van der Waals surface area contributed by atoms with Crippen molar-refractivity contribution in [1.82, 2.24) is 19.6 Å². The predicted molar refractivity (Wildman–Crippen MR) is 93.5 cm³/mol. The maximum atomic E-state index is 13.1. The summed E-state index contributed by atoms with van der Waals surface area (Å²) in [6.07, 6.45) is 0. The third-order valence-electron chi connectivity index (χ3n) is 3.82. The van der Waals surface area contributed by atoms with Gasteiger partial charge in [-0.2, -0.15) is 5.10 Å². The van der Waals surface area contributed by atoms with E-state index in [1.54, 1.807) is 18.2 Å². The number of benzene rings is 2. The van der Waals surface area contributed by atoms with Gasteiger partial charge in [-0.15, -0.1) is 0 Å². The molecular weight excluding hydrogens is 321 g/mol. The number of hydrogen-bond donors (Lipinski definition) is 2. The lowest BCUT2D eigenvalue weighted by Crippen LogP contribution is -2.14. The van der Waals surface area contributed by atoms with Crippen LogP contribution in [0, 0.1) is 12.7 Å². The van der Waals surface area contributed by atoms with E-state index in [2.05, 4.69) is 20.5 Å². The minimum absolute atomic E-state index is 0.305. The van der Waals surface area contributed by atoms with Crippen molar-refractivity contribution in [3.63, 3.8) is 0 Å². The number of hydrogen-bond acceptors (Lipinski definition) is 4. The fourth-order valence-electron chi connectivity index (χ4n) is 2.63. The fraction of sp³-hybridized carbons (Fsp3) is 0.0556. The van der Waals surface area contributed by atoms with E-state index >= 15 is 0 Å². The van der Waals surface area contributed by atoms with Crippen LogP contribution in [-0.2, 0) is 0 Å². The monoisotopic (exact) mass is 335 g/mol. The highest BCUT2D eigenvalue weighted by atomic mass is 19.1. The minimum Gasteiger partial charge on any atom is -0.325 e. The minimum atomic E-state index is -0.400. The molecule has 0 saturated carbocycles. The Bertz CT molecular complexity index is 1110. The predicted octanol–water partition coefficient (Wildman–Crippen LogP) is 3.28. The number of anilines is 2. The Morgan fingerprint density at radius 3 is 2.68 bits per heavy atom. The molecule has 4 rings (SSSR count). The number of aromatic amines is 1. The first-order chi connectivity index (χ1) is 12.1. The highest BCUT2D eigenvalue weighted by Gasteiger charge is 2.12. The maximum Gasteiger partial charge on any atom is 0.350 e. The van der Waals surface area contributed by atoms with Gasteiger partial charge in [0, 0.05) is 17.3 Å². The van der Waals surface area contributed by atoms with Crippen molar-refractivity contribution in [2.45, 2.75) is 6.92 Å². The molecule has 0 amide bonds. The summed E-state index contributed by atoms with van der Waals surface area (Å²) in [6, 6.07) is 15.5. The van der Waals surface area contributed by atoms with Crippen LogP contribution in [0.4, 0.5) is 16.0 Å². The second kappa shape index (κ2) is 5.86. The second-order valence-electron chi connectivity index (χ2n) is 5.69. The van der Waals surface area contributed by atoms with Gasteiger partial charge >= 0.3 is 5.69 Å². The molecule has 0 atom stereocenters. The van der Waals surface area contributed by atoms with Gasteiger partial charge < -0.3 is 5.32 Å². The topological polar surface area (TPSA) is 75.1 Å². The average Bonchev–Trinajstić information content (AvgIpc) is 2.98. The zero-order valence-corrected chi connectivity index (χ0v) is 13.3. The Hall–Kier alpha value is -3.48. The average molecular weight is 335 g/mol. The van der Waals surface area contributed by atoms with Gasteiger partial charge in [0.05, 0.1) is 5.69 Å². The van der Waals surface area contributed by atoms with Gasteiger partial charge in [-0.05, 0) is 37.3 Å². The Morgan fingerprint density at radius 2 is 1.92 bits per heavy atom. The molecule has 0 saturated heterocycles. The highest BCUT2D eigenvalue weighted by molar-refractivity contribution is 5.68. The lowest BCUT2D eigenvalue weighted by molar-refractivity contribution is 0.628. The molecule has 2 aromatic carbocycles. The SMILES string of the molecule is Cc1cccc(-c2cc3n[nH]c(=O)n3c(Nc3ccc(F)cc3)n2)c1. The number of aromatic nitrogens is 4. The Labute approximate surface area is 142 Å². The molecule has 124 valence electrons. The molecule has 0 unspecified atom stereocenters. The molecule has 7 heteroatoms. The Kier molecular flexibility index (Phi) is 3.53. The summed E-state index contributed by atoms with van der Waals surface area (Å²) in [6.45, 7) is 2.00. The molecule has 2 N–H and O–H groups in total. The number of fused-ring (bicyclic) bond motifs is 1. The molecule has 0 bridgehead atoms. The summed E-state index contributed by atoms with van der Waals surface area (Å²) in [5.74, 6) is -0.0305. The third kappa shape index (κ3) is 2.87. The number of rotatable bonds is 3. The van der Waals surface area contributed by atoms with Crippen molar-refractivity contribution in [1.29, 1.82) is 0 Å². The zero-order chi connectivity index (χ0) is 17.4. The van der Waals surface area contributed by atoms with Crippen LogP contribution < -0.4 is 11.0 Å². The van der Waals surface area contributed by atoms with Crippen molar-refractivity contribution >= 4 is 17.3 Å². The quantitative estimate of drug-likeness (QED) is 0.602. The van der Waals surface area contributed by atoms with Crippen LogP contribution in [0.25, 0.3) is 16.9 Å². The normalized spacial score (nSPS) is 11.0. The summed E-state index contributed by atoms with van der Waals surface area (Å²) in [4.78, 5) is 16.6. The molecule has 2 heterocycles. The molecule has 4 aromatic rings. The molecule has 0 aliphatic heterocycles. The fourth-order valence-corrected chi connectivity index (χ4v) is 2.63. The summed E-state index contributed by atoms with van der Waals surface area (Å²) in [5.41, 5.74) is 3.36. The smallest absolute Gasteiger partial charge is 0.325 e. The standard InChI is InChI=1S/C18H14FN5O/c1-11-3-2-4-12(9-11)15-10-16-22-23-18(25)24(16)17(21-15)20-14-7-5-13(19)6-8-14/h2-10H,1H3,(H,20,21)(H,23,25). The van der Waals surface area contributed by atoms with Gasteiger partial charge in [0.2, 0.25) is 5.95 Å². The lowest BCUT2D eigenvalue weighted by Gasteiger charge is -2.10. The number of nitrogens with one attached hydrogen (secondary N) is 2. The van der Waals surface area contributed by atoms with Crippen molar-refractivity contribution in [3.05, 3.63) is 76.5 Å². The van der Waals surface area contributed by atoms with E-state index in [1.165, 1.54) is 16.5 Å². The first-order valence-electron chi connectivity index (χ1n) is 7.68.